The molecule has 1 heterocycles. The van der Waals surface area contributed by atoms with E-state index in [0.29, 0.717) is 0 Å². The Labute approximate surface area is 170 Å². The number of halogens is 4. The summed E-state index contributed by atoms with van der Waals surface area (Å²) in [7, 11) is 0. The summed E-state index contributed by atoms with van der Waals surface area (Å²) in [6.07, 6.45) is -4.67. The average molecular weight is 424 g/mol. The number of amides is 1. The van der Waals surface area contributed by atoms with Crippen molar-refractivity contribution in [3.8, 4) is 11.6 Å². The van der Waals surface area contributed by atoms with Crippen molar-refractivity contribution in [2.45, 2.75) is 19.6 Å². The highest BCUT2D eigenvalue weighted by molar-refractivity contribution is 6.32. The van der Waals surface area contributed by atoms with Crippen molar-refractivity contribution in [2.24, 2.45) is 0 Å². The molecule has 1 amide bonds. The van der Waals surface area contributed by atoms with E-state index >= 15 is 0 Å². The third-order valence-electron chi connectivity index (χ3n) is 4.14. The predicted octanol–water partition coefficient (Wildman–Crippen LogP) is 4.55. The van der Waals surface area contributed by atoms with Crippen molar-refractivity contribution in [2.75, 3.05) is 6.61 Å². The minimum Gasteiger partial charge on any atom is -0.467 e. The third kappa shape index (κ3) is 5.08. The zero-order valence-corrected chi connectivity index (χ0v) is 16.1. The summed E-state index contributed by atoms with van der Waals surface area (Å²) in [6, 6.07) is 14.5. The second-order valence-electron chi connectivity index (χ2n) is 6.22. The number of alkyl halides is 3. The SMILES string of the molecule is Cc1ccccc1CNC(=O)COc1cc(C(F)(F)F)nn1-c1ccccc1Cl. The summed E-state index contributed by atoms with van der Waals surface area (Å²) in [5.74, 6) is -0.717. The lowest BCUT2D eigenvalue weighted by Crippen LogP contribution is -2.29. The van der Waals surface area contributed by atoms with Crippen LogP contribution in [0, 0.1) is 6.92 Å². The van der Waals surface area contributed by atoms with E-state index < -0.39 is 24.4 Å². The van der Waals surface area contributed by atoms with Crippen LogP contribution in [0.15, 0.2) is 54.6 Å². The fourth-order valence-electron chi connectivity index (χ4n) is 2.59. The Hall–Kier alpha value is -3.00. The number of nitrogens with zero attached hydrogens (tertiary/aromatic N) is 2. The summed E-state index contributed by atoms with van der Waals surface area (Å²) in [4.78, 5) is 12.1. The molecule has 0 spiro atoms. The molecule has 2 aromatic carbocycles. The number of benzene rings is 2. The number of rotatable bonds is 6. The Balaban J connectivity index is 1.74. The van der Waals surface area contributed by atoms with Crippen LogP contribution in [0.3, 0.4) is 0 Å². The maximum Gasteiger partial charge on any atom is 0.435 e. The monoisotopic (exact) mass is 423 g/mol. The van der Waals surface area contributed by atoms with E-state index in [-0.39, 0.29) is 23.1 Å². The molecular weight excluding hydrogens is 407 g/mol. The lowest BCUT2D eigenvalue weighted by atomic mass is 10.1. The first-order valence-corrected chi connectivity index (χ1v) is 8.99. The van der Waals surface area contributed by atoms with Gasteiger partial charge in [0.25, 0.3) is 5.91 Å². The second-order valence-corrected chi connectivity index (χ2v) is 6.63. The second kappa shape index (κ2) is 8.57. The van der Waals surface area contributed by atoms with Crippen LogP contribution in [-0.4, -0.2) is 22.3 Å². The molecule has 0 fully saturated rings. The van der Waals surface area contributed by atoms with E-state index in [1.807, 2.05) is 31.2 Å². The Morgan fingerprint density at radius 1 is 1.17 bits per heavy atom. The van der Waals surface area contributed by atoms with Crippen LogP contribution >= 0.6 is 11.6 Å². The first kappa shape index (κ1) is 20.7. The fourth-order valence-corrected chi connectivity index (χ4v) is 2.81. The van der Waals surface area contributed by atoms with Crippen molar-refractivity contribution in [3.05, 3.63) is 76.4 Å². The molecule has 29 heavy (non-hydrogen) atoms. The van der Waals surface area contributed by atoms with Crippen molar-refractivity contribution in [1.29, 1.82) is 0 Å². The Kier molecular flexibility index (Phi) is 6.12. The molecule has 3 rings (SSSR count). The van der Waals surface area contributed by atoms with Crippen LogP contribution in [0.5, 0.6) is 5.88 Å². The number of aryl methyl sites for hydroxylation is 1. The molecular formula is C20H17ClF3N3O2. The summed E-state index contributed by atoms with van der Waals surface area (Å²) < 4.78 is 45.6. The third-order valence-corrected chi connectivity index (χ3v) is 4.46. The first-order valence-electron chi connectivity index (χ1n) is 8.62. The molecule has 5 nitrogen and oxygen atoms in total. The summed E-state index contributed by atoms with van der Waals surface area (Å²) in [5.41, 5.74) is 1.01. The molecule has 0 saturated heterocycles. The van der Waals surface area contributed by atoms with Gasteiger partial charge in [-0.25, -0.2) is 0 Å². The van der Waals surface area contributed by atoms with Gasteiger partial charge < -0.3 is 10.1 Å². The van der Waals surface area contributed by atoms with Gasteiger partial charge in [0.1, 0.15) is 0 Å². The lowest BCUT2D eigenvalue weighted by molar-refractivity contribution is -0.141. The Morgan fingerprint density at radius 2 is 1.86 bits per heavy atom. The molecule has 1 N–H and O–H groups in total. The zero-order chi connectivity index (χ0) is 21.0. The summed E-state index contributed by atoms with van der Waals surface area (Å²) >= 11 is 6.07. The number of carbonyl (C=O) groups excluding carboxylic acids is 1. The van der Waals surface area contributed by atoms with Gasteiger partial charge in [0.15, 0.2) is 12.3 Å². The molecule has 3 aromatic rings. The van der Waals surface area contributed by atoms with E-state index in [4.69, 9.17) is 16.3 Å². The molecule has 0 aliphatic rings. The molecule has 0 unspecified atom stereocenters. The number of carbonyl (C=O) groups is 1. The molecule has 1 aromatic heterocycles. The number of nitrogens with one attached hydrogen (secondary N) is 1. The van der Waals surface area contributed by atoms with E-state index in [9.17, 15) is 18.0 Å². The van der Waals surface area contributed by atoms with Crippen LogP contribution in [0.2, 0.25) is 5.02 Å². The van der Waals surface area contributed by atoms with Crippen LogP contribution in [0.1, 0.15) is 16.8 Å². The Bertz CT molecular complexity index is 1020. The van der Waals surface area contributed by atoms with Crippen LogP contribution in [0.25, 0.3) is 5.69 Å². The van der Waals surface area contributed by atoms with Crippen molar-refractivity contribution in [1.82, 2.24) is 15.1 Å². The van der Waals surface area contributed by atoms with E-state index in [0.717, 1.165) is 21.9 Å². The fraction of sp³-hybridized carbons (Fsp3) is 0.200. The standard InChI is InChI=1S/C20H17ClF3N3O2/c1-13-6-2-3-7-14(13)11-25-18(28)12-29-19-10-17(20(22,23)24)26-27(19)16-9-5-4-8-15(16)21/h2-10H,11-12H2,1H3,(H,25,28). The quantitative estimate of drug-likeness (QED) is 0.633. The highest BCUT2D eigenvalue weighted by atomic mass is 35.5. The van der Waals surface area contributed by atoms with Crippen molar-refractivity contribution < 1.29 is 22.7 Å². The number of aromatic nitrogens is 2. The van der Waals surface area contributed by atoms with Gasteiger partial charge in [-0.1, -0.05) is 48.0 Å². The molecule has 0 radical (unpaired) electrons. The molecule has 0 saturated carbocycles. The van der Waals surface area contributed by atoms with Crippen LogP contribution in [0.4, 0.5) is 13.2 Å². The van der Waals surface area contributed by atoms with Crippen LogP contribution < -0.4 is 10.1 Å². The largest absolute Gasteiger partial charge is 0.467 e. The maximum absolute atomic E-state index is 13.1. The predicted molar refractivity (Wildman–Crippen MR) is 102 cm³/mol. The van der Waals surface area contributed by atoms with Crippen molar-refractivity contribution in [3.63, 3.8) is 0 Å². The minimum absolute atomic E-state index is 0.193. The van der Waals surface area contributed by atoms with E-state index in [1.165, 1.54) is 12.1 Å². The average Bonchev–Trinajstić information content (AvgIpc) is 3.10. The molecule has 152 valence electrons. The van der Waals surface area contributed by atoms with Gasteiger partial charge in [-0.05, 0) is 30.2 Å². The smallest absolute Gasteiger partial charge is 0.435 e. The molecule has 0 atom stereocenters. The van der Waals surface area contributed by atoms with Gasteiger partial charge in [-0.2, -0.15) is 23.0 Å². The van der Waals surface area contributed by atoms with Crippen LogP contribution in [-0.2, 0) is 17.5 Å². The van der Waals surface area contributed by atoms with E-state index in [1.54, 1.807) is 12.1 Å². The number of para-hydroxylation sites is 1. The van der Waals surface area contributed by atoms with Gasteiger partial charge in [-0.15, -0.1) is 0 Å². The summed E-state index contributed by atoms with van der Waals surface area (Å²) in [5, 5.41) is 6.41. The van der Waals surface area contributed by atoms with Gasteiger partial charge in [-0.3, -0.25) is 4.79 Å². The minimum atomic E-state index is -4.67. The topological polar surface area (TPSA) is 56.1 Å². The summed E-state index contributed by atoms with van der Waals surface area (Å²) in [6.45, 7) is 1.73. The maximum atomic E-state index is 13.1. The van der Waals surface area contributed by atoms with Gasteiger partial charge in [0, 0.05) is 12.6 Å². The zero-order valence-electron chi connectivity index (χ0n) is 15.3. The van der Waals surface area contributed by atoms with Crippen molar-refractivity contribution >= 4 is 17.5 Å². The molecule has 9 heteroatoms. The molecule has 0 aliphatic heterocycles. The normalized spacial score (nSPS) is 11.3. The molecule has 0 bridgehead atoms. The highest BCUT2D eigenvalue weighted by Gasteiger charge is 2.36. The van der Waals surface area contributed by atoms with Gasteiger partial charge in [0.2, 0.25) is 5.88 Å². The van der Waals surface area contributed by atoms with Gasteiger partial charge in [0.05, 0.1) is 10.7 Å². The number of hydrogen-bond donors (Lipinski definition) is 1. The van der Waals surface area contributed by atoms with Gasteiger partial charge >= 0.3 is 6.18 Å². The lowest BCUT2D eigenvalue weighted by Gasteiger charge is -2.11. The Morgan fingerprint density at radius 3 is 2.55 bits per heavy atom. The molecule has 0 aliphatic carbocycles. The van der Waals surface area contributed by atoms with E-state index in [2.05, 4.69) is 10.4 Å². The first-order chi connectivity index (χ1) is 13.8. The highest BCUT2D eigenvalue weighted by Crippen LogP contribution is 2.33. The number of hydrogen-bond acceptors (Lipinski definition) is 3. The number of ether oxygens (including phenoxy) is 1.